The van der Waals surface area contributed by atoms with Gasteiger partial charge in [-0.3, -0.25) is 9.69 Å². The normalized spacial score (nSPS) is 12.4. The first-order valence-corrected chi connectivity index (χ1v) is 7.41. The number of aryl methyl sites for hydroxylation is 2. The molecule has 1 heterocycles. The summed E-state index contributed by atoms with van der Waals surface area (Å²) in [5.41, 5.74) is 2.17. The predicted octanol–water partition coefficient (Wildman–Crippen LogP) is 1.40. The maximum Gasteiger partial charge on any atom is 0.241 e. The molecule has 2 aromatic rings. The van der Waals surface area contributed by atoms with Crippen molar-refractivity contribution in [1.29, 1.82) is 0 Å². The van der Waals surface area contributed by atoms with Gasteiger partial charge in [0, 0.05) is 13.1 Å². The molecule has 22 heavy (non-hydrogen) atoms. The Bertz CT molecular complexity index is 594. The van der Waals surface area contributed by atoms with Crippen molar-refractivity contribution in [3.05, 3.63) is 48.0 Å². The fraction of sp³-hybridized carbons (Fsp3) is 0.438. The number of carbonyl (C=O) groups is 1. The van der Waals surface area contributed by atoms with Crippen LogP contribution < -0.4 is 5.32 Å². The SMILES string of the molecule is Cc1ccccc1C(C(=O)NCCCn1cnnc1)N(C)C. The van der Waals surface area contributed by atoms with E-state index in [1.54, 1.807) is 12.7 Å². The molecule has 118 valence electrons. The Morgan fingerprint density at radius 3 is 2.59 bits per heavy atom. The van der Waals surface area contributed by atoms with E-state index in [9.17, 15) is 4.79 Å². The topological polar surface area (TPSA) is 63.1 Å². The summed E-state index contributed by atoms with van der Waals surface area (Å²) in [6.45, 7) is 3.46. The van der Waals surface area contributed by atoms with E-state index in [0.29, 0.717) is 6.54 Å². The molecule has 1 N–H and O–H groups in total. The van der Waals surface area contributed by atoms with E-state index < -0.39 is 0 Å². The summed E-state index contributed by atoms with van der Waals surface area (Å²) in [6, 6.07) is 7.74. The van der Waals surface area contributed by atoms with Gasteiger partial charge in [0.2, 0.25) is 5.91 Å². The quantitative estimate of drug-likeness (QED) is 0.785. The zero-order valence-electron chi connectivity index (χ0n) is 13.4. The molecule has 0 bridgehead atoms. The molecule has 0 aliphatic heterocycles. The van der Waals surface area contributed by atoms with Gasteiger partial charge in [0.1, 0.15) is 18.7 Å². The highest BCUT2D eigenvalue weighted by molar-refractivity contribution is 5.83. The first kappa shape index (κ1) is 16.2. The van der Waals surface area contributed by atoms with E-state index >= 15 is 0 Å². The number of likely N-dealkylation sites (N-methyl/N-ethyl adjacent to an activating group) is 1. The van der Waals surface area contributed by atoms with Gasteiger partial charge in [-0.05, 0) is 38.6 Å². The molecule has 0 saturated heterocycles. The third kappa shape index (κ3) is 4.14. The van der Waals surface area contributed by atoms with Crippen LogP contribution in [-0.2, 0) is 11.3 Å². The number of nitrogens with one attached hydrogen (secondary N) is 1. The van der Waals surface area contributed by atoms with Gasteiger partial charge in [-0.2, -0.15) is 0 Å². The van der Waals surface area contributed by atoms with Crippen LogP contribution in [0.1, 0.15) is 23.6 Å². The molecule has 0 saturated carbocycles. The average Bonchev–Trinajstić information content (AvgIpc) is 2.99. The first-order chi connectivity index (χ1) is 10.6. The van der Waals surface area contributed by atoms with E-state index in [1.807, 2.05) is 54.8 Å². The van der Waals surface area contributed by atoms with Crippen LogP contribution in [0, 0.1) is 6.92 Å². The van der Waals surface area contributed by atoms with Crippen molar-refractivity contribution in [3.63, 3.8) is 0 Å². The lowest BCUT2D eigenvalue weighted by molar-refractivity contribution is -0.125. The number of nitrogens with zero attached hydrogens (tertiary/aromatic N) is 4. The largest absolute Gasteiger partial charge is 0.354 e. The molecule has 0 fully saturated rings. The van der Waals surface area contributed by atoms with Gasteiger partial charge in [0.15, 0.2) is 0 Å². The molecule has 6 heteroatoms. The third-order valence-electron chi connectivity index (χ3n) is 3.61. The molecule has 2 rings (SSSR count). The minimum Gasteiger partial charge on any atom is -0.354 e. The van der Waals surface area contributed by atoms with E-state index in [0.717, 1.165) is 24.1 Å². The van der Waals surface area contributed by atoms with Gasteiger partial charge in [0.05, 0.1) is 0 Å². The third-order valence-corrected chi connectivity index (χ3v) is 3.61. The van der Waals surface area contributed by atoms with Crippen LogP contribution in [0.5, 0.6) is 0 Å². The Labute approximate surface area is 131 Å². The van der Waals surface area contributed by atoms with E-state index in [-0.39, 0.29) is 11.9 Å². The summed E-state index contributed by atoms with van der Waals surface area (Å²) in [6.07, 6.45) is 4.20. The van der Waals surface area contributed by atoms with Crippen LogP contribution in [0.25, 0.3) is 0 Å². The molecular formula is C16H23N5O. The number of hydrogen-bond donors (Lipinski definition) is 1. The van der Waals surface area contributed by atoms with Crippen LogP contribution in [0.2, 0.25) is 0 Å². The molecule has 1 unspecified atom stereocenters. The molecule has 0 spiro atoms. The Kier molecular flexibility index (Phi) is 5.66. The van der Waals surface area contributed by atoms with E-state index in [4.69, 9.17) is 0 Å². The summed E-state index contributed by atoms with van der Waals surface area (Å²) in [7, 11) is 3.85. The summed E-state index contributed by atoms with van der Waals surface area (Å²) in [5.74, 6) is 0.0306. The number of rotatable bonds is 7. The molecule has 0 aliphatic rings. The van der Waals surface area contributed by atoms with Crippen LogP contribution >= 0.6 is 0 Å². The van der Waals surface area contributed by atoms with Crippen LogP contribution in [0.4, 0.5) is 0 Å². The Morgan fingerprint density at radius 2 is 1.95 bits per heavy atom. The van der Waals surface area contributed by atoms with Crippen LogP contribution in [-0.4, -0.2) is 46.2 Å². The number of amides is 1. The second kappa shape index (κ2) is 7.70. The molecule has 0 radical (unpaired) electrons. The molecule has 1 aromatic heterocycles. The smallest absolute Gasteiger partial charge is 0.241 e. The maximum atomic E-state index is 12.5. The Morgan fingerprint density at radius 1 is 1.27 bits per heavy atom. The zero-order valence-corrected chi connectivity index (χ0v) is 13.4. The fourth-order valence-electron chi connectivity index (χ4n) is 2.45. The number of hydrogen-bond acceptors (Lipinski definition) is 4. The molecule has 6 nitrogen and oxygen atoms in total. The number of aromatic nitrogens is 3. The fourth-order valence-corrected chi connectivity index (χ4v) is 2.45. The monoisotopic (exact) mass is 301 g/mol. The molecule has 1 aromatic carbocycles. The van der Waals surface area contributed by atoms with Crippen molar-refractivity contribution in [3.8, 4) is 0 Å². The highest BCUT2D eigenvalue weighted by Crippen LogP contribution is 2.21. The summed E-state index contributed by atoms with van der Waals surface area (Å²) >= 11 is 0. The van der Waals surface area contributed by atoms with Crippen molar-refractivity contribution in [2.24, 2.45) is 0 Å². The Balaban J connectivity index is 1.91. The van der Waals surface area contributed by atoms with Crippen LogP contribution in [0.15, 0.2) is 36.9 Å². The minimum absolute atomic E-state index is 0.0306. The minimum atomic E-state index is -0.267. The predicted molar refractivity (Wildman–Crippen MR) is 85.3 cm³/mol. The highest BCUT2D eigenvalue weighted by Gasteiger charge is 2.23. The zero-order chi connectivity index (χ0) is 15.9. The van der Waals surface area contributed by atoms with Gasteiger partial charge in [-0.1, -0.05) is 24.3 Å². The molecule has 1 amide bonds. The lowest BCUT2D eigenvalue weighted by Crippen LogP contribution is -2.38. The molecule has 1 atom stereocenters. The summed E-state index contributed by atoms with van der Waals surface area (Å²) in [5, 5.41) is 10.5. The van der Waals surface area contributed by atoms with Crippen LogP contribution in [0.3, 0.4) is 0 Å². The standard InChI is InChI=1S/C16H23N5O/c1-13-7-4-5-8-14(13)15(20(2)3)16(22)17-9-6-10-21-11-18-19-12-21/h4-5,7-8,11-12,15H,6,9-10H2,1-3H3,(H,17,22). The van der Waals surface area contributed by atoms with E-state index in [2.05, 4.69) is 15.5 Å². The van der Waals surface area contributed by atoms with Crippen molar-refractivity contribution < 1.29 is 4.79 Å². The Hall–Kier alpha value is -2.21. The number of carbonyl (C=O) groups excluding carboxylic acids is 1. The van der Waals surface area contributed by atoms with Gasteiger partial charge >= 0.3 is 0 Å². The lowest BCUT2D eigenvalue weighted by Gasteiger charge is -2.25. The van der Waals surface area contributed by atoms with Gasteiger partial charge in [-0.15, -0.1) is 10.2 Å². The highest BCUT2D eigenvalue weighted by atomic mass is 16.2. The summed E-state index contributed by atoms with van der Waals surface area (Å²) in [4.78, 5) is 14.5. The van der Waals surface area contributed by atoms with Crippen molar-refractivity contribution in [2.45, 2.75) is 25.9 Å². The lowest BCUT2D eigenvalue weighted by atomic mass is 10.00. The van der Waals surface area contributed by atoms with Gasteiger partial charge in [-0.25, -0.2) is 0 Å². The maximum absolute atomic E-state index is 12.5. The van der Waals surface area contributed by atoms with Gasteiger partial charge in [0.25, 0.3) is 0 Å². The van der Waals surface area contributed by atoms with Crippen molar-refractivity contribution in [2.75, 3.05) is 20.6 Å². The van der Waals surface area contributed by atoms with Crippen molar-refractivity contribution >= 4 is 5.91 Å². The summed E-state index contributed by atoms with van der Waals surface area (Å²) < 4.78 is 1.90. The molecule has 0 aliphatic carbocycles. The van der Waals surface area contributed by atoms with Gasteiger partial charge < -0.3 is 9.88 Å². The number of benzene rings is 1. The molecular weight excluding hydrogens is 278 g/mol. The first-order valence-electron chi connectivity index (χ1n) is 7.41. The van der Waals surface area contributed by atoms with Crippen molar-refractivity contribution in [1.82, 2.24) is 25.0 Å². The van der Waals surface area contributed by atoms with E-state index in [1.165, 1.54) is 0 Å². The average molecular weight is 301 g/mol. The second-order valence-corrected chi connectivity index (χ2v) is 5.57. The second-order valence-electron chi connectivity index (χ2n) is 5.57.